The minimum atomic E-state index is -0.377. The molecule has 0 fully saturated rings. The molecule has 0 unspecified atom stereocenters. The molecule has 0 aliphatic carbocycles. The summed E-state index contributed by atoms with van der Waals surface area (Å²) >= 11 is 0. The van der Waals surface area contributed by atoms with E-state index in [9.17, 15) is 20.1 Å². The van der Waals surface area contributed by atoms with E-state index in [2.05, 4.69) is 0 Å². The Kier molecular flexibility index (Phi) is 2.20. The number of carbonyl (C=O) groups excluding carboxylic acids is 1. The molecule has 0 saturated carbocycles. The van der Waals surface area contributed by atoms with Crippen LogP contribution in [0.1, 0.15) is 17.3 Å². The molecule has 2 aromatic carbocycles. The van der Waals surface area contributed by atoms with Crippen molar-refractivity contribution >= 4 is 16.6 Å². The number of benzene rings is 2. The quantitative estimate of drug-likeness (QED) is 0.506. The van der Waals surface area contributed by atoms with Crippen LogP contribution in [0.2, 0.25) is 0 Å². The highest BCUT2D eigenvalue weighted by atomic mass is 16.3. The molecular formula is C12H10O4. The Morgan fingerprint density at radius 3 is 2.44 bits per heavy atom. The summed E-state index contributed by atoms with van der Waals surface area (Å²) < 4.78 is 0. The minimum Gasteiger partial charge on any atom is -0.507 e. The van der Waals surface area contributed by atoms with Gasteiger partial charge in [-0.15, -0.1) is 0 Å². The van der Waals surface area contributed by atoms with E-state index in [4.69, 9.17) is 0 Å². The highest BCUT2D eigenvalue weighted by molar-refractivity contribution is 6.07. The lowest BCUT2D eigenvalue weighted by Crippen LogP contribution is -1.93. The van der Waals surface area contributed by atoms with Crippen LogP contribution in [0.25, 0.3) is 10.8 Å². The molecule has 0 spiro atoms. The van der Waals surface area contributed by atoms with E-state index in [1.165, 1.54) is 19.1 Å². The summed E-state index contributed by atoms with van der Waals surface area (Å²) in [6, 6.07) is 5.67. The maximum atomic E-state index is 11.2. The Labute approximate surface area is 91.4 Å². The van der Waals surface area contributed by atoms with Gasteiger partial charge in [0, 0.05) is 5.39 Å². The zero-order valence-corrected chi connectivity index (χ0v) is 8.56. The summed E-state index contributed by atoms with van der Waals surface area (Å²) in [6.45, 7) is 1.28. The molecule has 2 aromatic rings. The number of carbonyl (C=O) groups is 1. The van der Waals surface area contributed by atoms with Crippen molar-refractivity contribution in [2.24, 2.45) is 0 Å². The first-order valence-corrected chi connectivity index (χ1v) is 4.70. The molecule has 0 aliphatic heterocycles. The third-order valence-corrected chi connectivity index (χ3v) is 2.47. The van der Waals surface area contributed by atoms with E-state index in [-0.39, 0.29) is 34.0 Å². The fourth-order valence-electron chi connectivity index (χ4n) is 1.69. The van der Waals surface area contributed by atoms with Crippen molar-refractivity contribution in [2.45, 2.75) is 6.92 Å². The van der Waals surface area contributed by atoms with Gasteiger partial charge in [0.2, 0.25) is 0 Å². The van der Waals surface area contributed by atoms with Crippen molar-refractivity contribution in [3.8, 4) is 17.2 Å². The van der Waals surface area contributed by atoms with Crippen LogP contribution in [0, 0.1) is 0 Å². The van der Waals surface area contributed by atoms with E-state index in [1.54, 1.807) is 12.1 Å². The maximum absolute atomic E-state index is 11.2. The first-order chi connectivity index (χ1) is 7.52. The van der Waals surface area contributed by atoms with Crippen molar-refractivity contribution in [1.82, 2.24) is 0 Å². The lowest BCUT2D eigenvalue weighted by molar-refractivity contribution is 0.101. The van der Waals surface area contributed by atoms with Gasteiger partial charge in [0.25, 0.3) is 0 Å². The predicted molar refractivity (Wildman–Crippen MR) is 58.9 cm³/mol. The van der Waals surface area contributed by atoms with Crippen molar-refractivity contribution in [3.63, 3.8) is 0 Å². The fourth-order valence-corrected chi connectivity index (χ4v) is 1.69. The zero-order chi connectivity index (χ0) is 11.9. The van der Waals surface area contributed by atoms with Crippen molar-refractivity contribution in [1.29, 1.82) is 0 Å². The largest absolute Gasteiger partial charge is 0.507 e. The number of hydrogen-bond acceptors (Lipinski definition) is 4. The van der Waals surface area contributed by atoms with Crippen LogP contribution in [0.5, 0.6) is 17.2 Å². The number of ketones is 1. The molecule has 2 rings (SSSR count). The molecule has 0 aromatic heterocycles. The number of hydrogen-bond donors (Lipinski definition) is 3. The molecule has 16 heavy (non-hydrogen) atoms. The van der Waals surface area contributed by atoms with Gasteiger partial charge < -0.3 is 15.3 Å². The van der Waals surface area contributed by atoms with Crippen LogP contribution in [-0.2, 0) is 0 Å². The third kappa shape index (κ3) is 1.35. The van der Waals surface area contributed by atoms with E-state index in [0.29, 0.717) is 5.39 Å². The molecule has 0 bridgehead atoms. The summed E-state index contributed by atoms with van der Waals surface area (Å²) in [4.78, 5) is 11.2. The molecule has 3 N–H and O–H groups in total. The molecule has 0 atom stereocenters. The van der Waals surface area contributed by atoms with Gasteiger partial charge in [0.15, 0.2) is 5.78 Å². The molecule has 4 nitrogen and oxygen atoms in total. The fraction of sp³-hybridized carbons (Fsp3) is 0.0833. The second-order valence-corrected chi connectivity index (χ2v) is 3.55. The van der Waals surface area contributed by atoms with Crippen LogP contribution >= 0.6 is 0 Å². The average molecular weight is 218 g/mol. The smallest absolute Gasteiger partial charge is 0.163 e. The molecule has 0 radical (unpaired) electrons. The normalized spacial score (nSPS) is 10.6. The van der Waals surface area contributed by atoms with Crippen LogP contribution in [-0.4, -0.2) is 21.1 Å². The van der Waals surface area contributed by atoms with Crippen molar-refractivity contribution in [3.05, 3.63) is 29.8 Å². The number of aromatic hydroxyl groups is 3. The number of Topliss-reactive ketones (excluding diaryl/α,β-unsaturated/α-hetero) is 1. The summed E-state index contributed by atoms with van der Waals surface area (Å²) in [5.74, 6) is -1.00. The monoisotopic (exact) mass is 218 g/mol. The van der Waals surface area contributed by atoms with E-state index >= 15 is 0 Å². The number of rotatable bonds is 1. The molecule has 0 heterocycles. The second kappa shape index (κ2) is 3.41. The lowest BCUT2D eigenvalue weighted by Gasteiger charge is -2.08. The van der Waals surface area contributed by atoms with Crippen molar-refractivity contribution in [2.75, 3.05) is 0 Å². The van der Waals surface area contributed by atoms with Gasteiger partial charge >= 0.3 is 0 Å². The molecule has 4 heteroatoms. The summed E-state index contributed by atoms with van der Waals surface area (Å²) in [5, 5.41) is 29.5. The molecule has 0 amide bonds. The lowest BCUT2D eigenvalue weighted by atomic mass is 10.0. The Morgan fingerprint density at radius 2 is 1.81 bits per heavy atom. The SMILES string of the molecule is CC(=O)c1cc(O)c2cccc(O)c2c1O. The predicted octanol–water partition coefficient (Wildman–Crippen LogP) is 2.16. The maximum Gasteiger partial charge on any atom is 0.163 e. The van der Waals surface area contributed by atoms with E-state index in [1.807, 2.05) is 0 Å². The van der Waals surface area contributed by atoms with Crippen LogP contribution in [0.4, 0.5) is 0 Å². The third-order valence-electron chi connectivity index (χ3n) is 2.47. The van der Waals surface area contributed by atoms with Gasteiger partial charge in [-0.2, -0.15) is 0 Å². The van der Waals surface area contributed by atoms with Gasteiger partial charge in [-0.1, -0.05) is 12.1 Å². The summed E-state index contributed by atoms with van der Waals surface area (Å²) in [7, 11) is 0. The summed E-state index contributed by atoms with van der Waals surface area (Å²) in [6.07, 6.45) is 0. The topological polar surface area (TPSA) is 77.8 Å². The van der Waals surface area contributed by atoms with Crippen LogP contribution in [0.15, 0.2) is 24.3 Å². The number of phenols is 3. The van der Waals surface area contributed by atoms with Crippen LogP contribution in [0.3, 0.4) is 0 Å². The van der Waals surface area contributed by atoms with Gasteiger partial charge in [0.1, 0.15) is 17.2 Å². The molecule has 0 aliphatic rings. The first kappa shape index (κ1) is 10.3. The Balaban J connectivity index is 2.98. The van der Waals surface area contributed by atoms with Gasteiger partial charge in [-0.3, -0.25) is 4.79 Å². The highest BCUT2D eigenvalue weighted by Crippen LogP contribution is 2.40. The summed E-state index contributed by atoms with van der Waals surface area (Å²) in [5.41, 5.74) is -0.00787. The average Bonchev–Trinajstić information content (AvgIpc) is 2.22. The highest BCUT2D eigenvalue weighted by Gasteiger charge is 2.16. The van der Waals surface area contributed by atoms with E-state index < -0.39 is 0 Å². The molecular weight excluding hydrogens is 208 g/mol. The van der Waals surface area contributed by atoms with E-state index in [0.717, 1.165) is 0 Å². The minimum absolute atomic E-state index is 0.00787. The number of phenolic OH excluding ortho intramolecular Hbond substituents is 3. The molecule has 0 saturated heterocycles. The second-order valence-electron chi connectivity index (χ2n) is 3.55. The molecule has 82 valence electrons. The Morgan fingerprint density at radius 1 is 1.12 bits per heavy atom. The number of fused-ring (bicyclic) bond motifs is 1. The standard InChI is InChI=1S/C12H10O4/c1-6(13)8-5-10(15)7-3-2-4-9(14)11(7)12(8)16/h2-5,14-16H,1H3. The first-order valence-electron chi connectivity index (χ1n) is 4.70. The zero-order valence-electron chi connectivity index (χ0n) is 8.56. The van der Waals surface area contributed by atoms with Crippen molar-refractivity contribution < 1.29 is 20.1 Å². The van der Waals surface area contributed by atoms with Gasteiger partial charge in [-0.25, -0.2) is 0 Å². The van der Waals surface area contributed by atoms with Gasteiger partial charge in [0.05, 0.1) is 10.9 Å². The van der Waals surface area contributed by atoms with Crippen LogP contribution < -0.4 is 0 Å². The Bertz CT molecular complexity index is 587. The van der Waals surface area contributed by atoms with Gasteiger partial charge in [-0.05, 0) is 19.1 Å². The Hall–Kier alpha value is -2.23.